The van der Waals surface area contributed by atoms with Gasteiger partial charge in [-0.25, -0.2) is 4.79 Å². The Balaban J connectivity index is 1.41. The highest BCUT2D eigenvalue weighted by molar-refractivity contribution is 6.05. The fraction of sp³-hybridized carbons (Fsp3) is 0.367. The molecule has 1 aromatic heterocycles. The first-order valence-corrected chi connectivity index (χ1v) is 13.6. The van der Waals surface area contributed by atoms with Crippen LogP contribution in [0.15, 0.2) is 59.0 Å². The number of piperidine rings is 1. The van der Waals surface area contributed by atoms with Crippen molar-refractivity contribution >= 4 is 35.0 Å². The topological polar surface area (TPSA) is 125 Å². The van der Waals surface area contributed by atoms with Crippen LogP contribution in [0.5, 0.6) is 0 Å². The summed E-state index contributed by atoms with van der Waals surface area (Å²) >= 11 is 0. The number of hydrogen-bond donors (Lipinski definition) is 4. The normalized spacial score (nSPS) is 13.4. The van der Waals surface area contributed by atoms with Gasteiger partial charge in [0.05, 0.1) is 18.0 Å². The van der Waals surface area contributed by atoms with Gasteiger partial charge in [-0.3, -0.25) is 9.59 Å². The van der Waals surface area contributed by atoms with Gasteiger partial charge in [0.25, 0.3) is 11.8 Å². The van der Waals surface area contributed by atoms with Crippen molar-refractivity contribution in [1.29, 1.82) is 0 Å². The van der Waals surface area contributed by atoms with Crippen molar-refractivity contribution in [2.75, 3.05) is 48.7 Å². The van der Waals surface area contributed by atoms with Gasteiger partial charge >= 0.3 is 6.09 Å². The van der Waals surface area contributed by atoms with Crippen LogP contribution in [0.3, 0.4) is 0 Å². The van der Waals surface area contributed by atoms with Gasteiger partial charge in [-0.1, -0.05) is 18.2 Å². The van der Waals surface area contributed by atoms with Crippen LogP contribution in [0.1, 0.15) is 52.0 Å². The number of para-hydroxylation sites is 1. The van der Waals surface area contributed by atoms with Crippen LogP contribution in [0.4, 0.5) is 21.9 Å². The summed E-state index contributed by atoms with van der Waals surface area (Å²) < 4.78 is 10.5. The van der Waals surface area contributed by atoms with E-state index in [4.69, 9.17) is 9.15 Å². The van der Waals surface area contributed by atoms with Crippen molar-refractivity contribution < 1.29 is 23.5 Å². The van der Waals surface area contributed by atoms with E-state index in [1.807, 2.05) is 31.2 Å². The molecule has 40 heavy (non-hydrogen) atoms. The monoisotopic (exact) mass is 547 g/mol. The fourth-order valence-electron chi connectivity index (χ4n) is 4.54. The van der Waals surface area contributed by atoms with E-state index in [9.17, 15) is 14.4 Å². The first-order chi connectivity index (χ1) is 19.3. The van der Waals surface area contributed by atoms with Crippen LogP contribution in [-0.2, 0) is 4.74 Å². The summed E-state index contributed by atoms with van der Waals surface area (Å²) in [7, 11) is 0. The number of nitrogens with one attached hydrogen (secondary N) is 4. The third-order valence-corrected chi connectivity index (χ3v) is 6.75. The molecule has 10 heteroatoms. The number of amides is 3. The Morgan fingerprint density at radius 2 is 1.62 bits per heavy atom. The lowest BCUT2D eigenvalue weighted by Crippen LogP contribution is -2.46. The molecule has 4 N–H and O–H groups in total. The molecule has 3 aromatic rings. The number of hydrogen-bond acceptors (Lipinski definition) is 7. The number of furan rings is 1. The number of nitrogens with zero attached hydrogens (tertiary/aromatic N) is 1. The zero-order chi connectivity index (χ0) is 28.5. The Kier molecular flexibility index (Phi) is 9.66. The van der Waals surface area contributed by atoms with E-state index in [1.54, 1.807) is 49.1 Å². The van der Waals surface area contributed by atoms with Crippen LogP contribution in [0.2, 0.25) is 0 Å². The molecular formula is C30H37N5O5. The van der Waals surface area contributed by atoms with E-state index < -0.39 is 5.91 Å². The molecule has 1 aliphatic rings. The highest BCUT2D eigenvalue weighted by atomic mass is 16.6. The second-order valence-electron chi connectivity index (χ2n) is 9.73. The van der Waals surface area contributed by atoms with Gasteiger partial charge in [-0.15, -0.1) is 0 Å². The minimum absolute atomic E-state index is 0.0624. The predicted octanol–water partition coefficient (Wildman–Crippen LogP) is 5.02. The first kappa shape index (κ1) is 28.5. The summed E-state index contributed by atoms with van der Waals surface area (Å²) in [6, 6.07) is 16.5. The summed E-state index contributed by atoms with van der Waals surface area (Å²) in [6.45, 7) is 8.22. The van der Waals surface area contributed by atoms with Crippen LogP contribution < -0.4 is 21.3 Å². The maximum atomic E-state index is 13.1. The van der Waals surface area contributed by atoms with Gasteiger partial charge in [0.1, 0.15) is 5.76 Å². The van der Waals surface area contributed by atoms with Crippen molar-refractivity contribution in [3.8, 4) is 0 Å². The van der Waals surface area contributed by atoms with Crippen molar-refractivity contribution in [2.24, 2.45) is 0 Å². The second-order valence-corrected chi connectivity index (χ2v) is 9.73. The van der Waals surface area contributed by atoms with Crippen LogP contribution >= 0.6 is 0 Å². The Morgan fingerprint density at radius 1 is 0.900 bits per heavy atom. The van der Waals surface area contributed by atoms with Gasteiger partial charge in [0, 0.05) is 43.5 Å². The SMILES string of the molecule is CCOC(=O)N1CCC(NC(=O)c2ccc(NCCNc3ccccc3C)c(NC(=O)c3ccc(C)o3)c2)CC1. The summed E-state index contributed by atoms with van der Waals surface area (Å²) in [5.41, 5.74) is 3.79. The molecule has 4 rings (SSSR count). The van der Waals surface area contributed by atoms with E-state index in [0.717, 1.165) is 11.3 Å². The molecule has 2 heterocycles. The van der Waals surface area contributed by atoms with Crippen molar-refractivity contribution in [1.82, 2.24) is 10.2 Å². The number of aryl methyl sites for hydroxylation is 2. The molecular weight excluding hydrogens is 510 g/mol. The van der Waals surface area contributed by atoms with Crippen molar-refractivity contribution in [2.45, 2.75) is 39.7 Å². The smallest absolute Gasteiger partial charge is 0.409 e. The molecule has 2 aromatic carbocycles. The lowest BCUT2D eigenvalue weighted by molar-refractivity contribution is 0.0859. The maximum absolute atomic E-state index is 13.1. The molecule has 0 radical (unpaired) electrons. The van der Waals surface area contributed by atoms with Crippen LogP contribution in [-0.4, -0.2) is 61.6 Å². The van der Waals surface area contributed by atoms with E-state index in [-0.39, 0.29) is 23.8 Å². The first-order valence-electron chi connectivity index (χ1n) is 13.6. The van der Waals surface area contributed by atoms with Gasteiger partial charge in [0.15, 0.2) is 5.76 Å². The second kappa shape index (κ2) is 13.5. The molecule has 212 valence electrons. The third-order valence-electron chi connectivity index (χ3n) is 6.75. The van der Waals surface area contributed by atoms with E-state index >= 15 is 0 Å². The molecule has 0 saturated carbocycles. The summed E-state index contributed by atoms with van der Waals surface area (Å²) in [5, 5.41) is 12.7. The third kappa shape index (κ3) is 7.56. The summed E-state index contributed by atoms with van der Waals surface area (Å²) in [4.78, 5) is 39.6. The molecule has 1 saturated heterocycles. The largest absolute Gasteiger partial charge is 0.456 e. The van der Waals surface area contributed by atoms with Gasteiger partial charge in [-0.05, 0) is 75.6 Å². The molecule has 0 atom stereocenters. The van der Waals surface area contributed by atoms with Gasteiger partial charge < -0.3 is 35.3 Å². The summed E-state index contributed by atoms with van der Waals surface area (Å²) in [5.74, 6) is 0.172. The highest BCUT2D eigenvalue weighted by Gasteiger charge is 2.25. The molecule has 0 spiro atoms. The molecule has 0 unspecified atom stereocenters. The molecule has 0 bridgehead atoms. The molecule has 10 nitrogen and oxygen atoms in total. The van der Waals surface area contributed by atoms with E-state index in [1.165, 1.54) is 0 Å². The average Bonchev–Trinajstić information content (AvgIpc) is 3.39. The van der Waals surface area contributed by atoms with Crippen molar-refractivity contribution in [3.63, 3.8) is 0 Å². The van der Waals surface area contributed by atoms with Gasteiger partial charge in [0.2, 0.25) is 0 Å². The lowest BCUT2D eigenvalue weighted by atomic mass is 10.0. The lowest BCUT2D eigenvalue weighted by Gasteiger charge is -2.31. The van der Waals surface area contributed by atoms with Crippen molar-refractivity contribution in [3.05, 3.63) is 77.2 Å². The quantitative estimate of drug-likeness (QED) is 0.263. The number of likely N-dealkylation sites (tertiary alicyclic amines) is 1. The molecule has 0 aliphatic carbocycles. The predicted molar refractivity (Wildman–Crippen MR) is 155 cm³/mol. The van der Waals surface area contributed by atoms with Gasteiger partial charge in [-0.2, -0.15) is 0 Å². The summed E-state index contributed by atoms with van der Waals surface area (Å²) in [6.07, 6.45) is 0.954. The molecule has 3 amide bonds. The minimum atomic E-state index is -0.405. The molecule has 1 aliphatic heterocycles. The van der Waals surface area contributed by atoms with E-state index in [0.29, 0.717) is 68.3 Å². The highest BCUT2D eigenvalue weighted by Crippen LogP contribution is 2.25. The number of benzene rings is 2. The Labute approximate surface area is 234 Å². The number of carbonyl (C=O) groups excluding carboxylic acids is 3. The van der Waals surface area contributed by atoms with Crippen LogP contribution in [0, 0.1) is 13.8 Å². The minimum Gasteiger partial charge on any atom is -0.456 e. The fourth-order valence-corrected chi connectivity index (χ4v) is 4.54. The maximum Gasteiger partial charge on any atom is 0.409 e. The standard InChI is InChI=1S/C30H37N5O5/c1-4-39-30(38)35-17-13-23(14-18-35)33-28(36)22-10-11-25(32-16-15-31-24-8-6-5-7-20(24)2)26(19-22)34-29(37)27-12-9-21(3)40-27/h5-12,19,23,31-32H,4,13-18H2,1-3H3,(H,33,36)(H,34,37). The average molecular weight is 548 g/mol. The zero-order valence-corrected chi connectivity index (χ0v) is 23.2. The number of rotatable bonds is 10. The Bertz CT molecular complexity index is 1330. The Hall–Kier alpha value is -4.47. The number of anilines is 3. The zero-order valence-electron chi connectivity index (χ0n) is 23.2. The number of carbonyl (C=O) groups is 3. The molecule has 1 fully saturated rings. The van der Waals surface area contributed by atoms with Crippen LogP contribution in [0.25, 0.3) is 0 Å². The number of ether oxygens (including phenoxy) is 1. The Morgan fingerprint density at radius 3 is 2.30 bits per heavy atom. The van der Waals surface area contributed by atoms with E-state index in [2.05, 4.69) is 21.3 Å².